The van der Waals surface area contributed by atoms with E-state index in [-0.39, 0.29) is 11.5 Å². The van der Waals surface area contributed by atoms with Crippen molar-refractivity contribution < 1.29 is 22.8 Å². The fourth-order valence-corrected chi connectivity index (χ4v) is 0.885. The van der Waals surface area contributed by atoms with Crippen molar-refractivity contribution in [1.82, 2.24) is 10.2 Å². The van der Waals surface area contributed by atoms with E-state index in [4.69, 9.17) is 5.73 Å². The Kier molecular flexibility index (Phi) is 5.86. The lowest BCUT2D eigenvalue weighted by Crippen LogP contribution is -2.44. The van der Waals surface area contributed by atoms with Crippen molar-refractivity contribution in [2.75, 3.05) is 20.1 Å². The SMILES string of the molecule is CN(CCC(F)(F)F)C(=O)C(=O)NCC(N)=S. The third kappa shape index (κ3) is 7.50. The highest BCUT2D eigenvalue weighted by atomic mass is 32.1. The summed E-state index contributed by atoms with van der Waals surface area (Å²) >= 11 is 4.46. The lowest BCUT2D eigenvalue weighted by atomic mass is 10.3. The first-order valence-corrected chi connectivity index (χ1v) is 4.92. The molecule has 0 saturated carbocycles. The molecule has 0 aliphatic carbocycles. The molecule has 0 aliphatic heterocycles. The number of hydrogen-bond acceptors (Lipinski definition) is 3. The molecule has 0 bridgehead atoms. The van der Waals surface area contributed by atoms with Crippen LogP contribution in [0, 0.1) is 0 Å². The Morgan fingerprint density at radius 3 is 2.35 bits per heavy atom. The summed E-state index contributed by atoms with van der Waals surface area (Å²) in [6, 6.07) is 0. The first kappa shape index (κ1) is 15.6. The molecule has 0 unspecified atom stereocenters. The minimum Gasteiger partial charge on any atom is -0.392 e. The average Bonchev–Trinajstić information content (AvgIpc) is 2.20. The number of halogens is 3. The van der Waals surface area contributed by atoms with Crippen LogP contribution >= 0.6 is 12.2 Å². The van der Waals surface area contributed by atoms with E-state index in [1.54, 1.807) is 0 Å². The van der Waals surface area contributed by atoms with Crippen LogP contribution in [0.5, 0.6) is 0 Å². The number of carbonyl (C=O) groups excluding carboxylic acids is 2. The summed E-state index contributed by atoms with van der Waals surface area (Å²) in [5.74, 6) is -2.10. The molecular weight excluding hydrogens is 259 g/mol. The summed E-state index contributed by atoms with van der Waals surface area (Å²) in [4.78, 5) is 23.0. The molecule has 0 saturated heterocycles. The van der Waals surface area contributed by atoms with Crippen molar-refractivity contribution in [3.05, 3.63) is 0 Å². The van der Waals surface area contributed by atoms with E-state index in [1.165, 1.54) is 0 Å². The van der Waals surface area contributed by atoms with E-state index in [0.717, 1.165) is 7.05 Å². The van der Waals surface area contributed by atoms with Crippen molar-refractivity contribution in [1.29, 1.82) is 0 Å². The topological polar surface area (TPSA) is 75.4 Å². The van der Waals surface area contributed by atoms with Crippen molar-refractivity contribution in [3.8, 4) is 0 Å². The Bertz CT molecular complexity index is 320. The molecule has 0 atom stereocenters. The third-order valence-corrected chi connectivity index (χ3v) is 1.84. The van der Waals surface area contributed by atoms with Gasteiger partial charge in [0.05, 0.1) is 18.0 Å². The zero-order valence-electron chi connectivity index (χ0n) is 9.00. The van der Waals surface area contributed by atoms with Gasteiger partial charge < -0.3 is 16.0 Å². The Morgan fingerprint density at radius 2 is 1.94 bits per heavy atom. The molecule has 3 N–H and O–H groups in total. The number of hydrogen-bond donors (Lipinski definition) is 2. The monoisotopic (exact) mass is 271 g/mol. The highest BCUT2D eigenvalue weighted by Gasteiger charge is 2.29. The van der Waals surface area contributed by atoms with Gasteiger partial charge in [0.2, 0.25) is 0 Å². The van der Waals surface area contributed by atoms with Crippen LogP contribution in [0.4, 0.5) is 13.2 Å². The number of amides is 2. The van der Waals surface area contributed by atoms with Gasteiger partial charge in [0, 0.05) is 13.6 Å². The smallest absolute Gasteiger partial charge is 0.390 e. The zero-order valence-corrected chi connectivity index (χ0v) is 9.82. The minimum absolute atomic E-state index is 0.0240. The van der Waals surface area contributed by atoms with Crippen LogP contribution < -0.4 is 11.1 Å². The number of nitrogens with two attached hydrogens (primary N) is 1. The van der Waals surface area contributed by atoms with Crippen LogP contribution in [0.25, 0.3) is 0 Å². The molecule has 0 aliphatic rings. The fraction of sp³-hybridized carbons (Fsp3) is 0.625. The number of carbonyl (C=O) groups is 2. The Balaban J connectivity index is 4.12. The highest BCUT2D eigenvalue weighted by molar-refractivity contribution is 7.80. The molecular formula is C8H12F3N3O2S. The maximum atomic E-state index is 11.9. The van der Waals surface area contributed by atoms with E-state index in [2.05, 4.69) is 17.5 Å². The van der Waals surface area contributed by atoms with Crippen LogP contribution in [0.1, 0.15) is 6.42 Å². The van der Waals surface area contributed by atoms with Crippen LogP contribution in [0.3, 0.4) is 0 Å². The van der Waals surface area contributed by atoms with Gasteiger partial charge in [0.1, 0.15) is 0 Å². The quantitative estimate of drug-likeness (QED) is 0.548. The Labute approximate surface area is 101 Å². The van der Waals surface area contributed by atoms with Gasteiger partial charge in [0.25, 0.3) is 0 Å². The van der Waals surface area contributed by atoms with Gasteiger partial charge in [-0.2, -0.15) is 13.2 Å². The number of rotatable bonds is 4. The normalized spacial score (nSPS) is 10.8. The second-order valence-electron chi connectivity index (χ2n) is 3.24. The van der Waals surface area contributed by atoms with Gasteiger partial charge >= 0.3 is 18.0 Å². The van der Waals surface area contributed by atoms with E-state index in [1.807, 2.05) is 0 Å². The lowest BCUT2D eigenvalue weighted by molar-refractivity contribution is -0.151. The molecule has 9 heteroatoms. The molecule has 0 rings (SSSR count). The molecule has 0 heterocycles. The van der Waals surface area contributed by atoms with Crippen molar-refractivity contribution in [2.24, 2.45) is 5.73 Å². The molecule has 0 fully saturated rings. The number of nitrogens with zero attached hydrogens (tertiary/aromatic N) is 1. The van der Waals surface area contributed by atoms with E-state index >= 15 is 0 Å². The molecule has 17 heavy (non-hydrogen) atoms. The maximum absolute atomic E-state index is 11.9. The number of likely N-dealkylation sites (N-methyl/N-ethyl adjacent to an activating group) is 1. The van der Waals surface area contributed by atoms with Crippen molar-refractivity contribution in [2.45, 2.75) is 12.6 Å². The summed E-state index contributed by atoms with van der Waals surface area (Å²) in [5.41, 5.74) is 5.08. The van der Waals surface area contributed by atoms with Gasteiger partial charge in [-0.3, -0.25) is 9.59 Å². The average molecular weight is 271 g/mol. The predicted octanol–water partition coefficient (Wildman–Crippen LogP) is -0.201. The Morgan fingerprint density at radius 1 is 1.41 bits per heavy atom. The first-order valence-electron chi connectivity index (χ1n) is 4.52. The van der Waals surface area contributed by atoms with Crippen LogP contribution in [-0.4, -0.2) is 48.0 Å². The molecule has 98 valence electrons. The third-order valence-electron chi connectivity index (χ3n) is 1.69. The van der Waals surface area contributed by atoms with Gasteiger partial charge in [0.15, 0.2) is 0 Å². The predicted molar refractivity (Wildman–Crippen MR) is 58.1 cm³/mol. The summed E-state index contributed by atoms with van der Waals surface area (Å²) < 4.78 is 35.6. The van der Waals surface area contributed by atoms with Crippen molar-refractivity contribution >= 4 is 29.0 Å². The maximum Gasteiger partial charge on any atom is 0.390 e. The minimum atomic E-state index is -4.37. The molecule has 0 spiro atoms. The summed E-state index contributed by atoms with van der Waals surface area (Å²) in [5, 5.41) is 2.08. The van der Waals surface area contributed by atoms with Crippen molar-refractivity contribution in [3.63, 3.8) is 0 Å². The van der Waals surface area contributed by atoms with Gasteiger partial charge in [-0.25, -0.2) is 0 Å². The number of nitrogens with one attached hydrogen (secondary N) is 1. The molecule has 0 aromatic rings. The number of alkyl halides is 3. The molecule has 5 nitrogen and oxygen atoms in total. The molecule has 0 radical (unpaired) electrons. The second-order valence-corrected chi connectivity index (χ2v) is 3.77. The molecule has 0 aromatic heterocycles. The van der Waals surface area contributed by atoms with E-state index in [9.17, 15) is 22.8 Å². The summed E-state index contributed by atoms with van der Waals surface area (Å²) in [6.07, 6.45) is -5.54. The summed E-state index contributed by atoms with van der Waals surface area (Å²) in [7, 11) is 1.11. The number of thiocarbonyl (C=S) groups is 1. The van der Waals surface area contributed by atoms with Gasteiger partial charge in [-0.05, 0) is 0 Å². The largest absolute Gasteiger partial charge is 0.392 e. The van der Waals surface area contributed by atoms with Gasteiger partial charge in [-0.15, -0.1) is 0 Å². The van der Waals surface area contributed by atoms with E-state index < -0.39 is 31.0 Å². The van der Waals surface area contributed by atoms with Crippen LogP contribution in [0.2, 0.25) is 0 Å². The first-order chi connectivity index (χ1) is 7.63. The second kappa shape index (κ2) is 6.38. The molecule has 0 aromatic carbocycles. The fourth-order valence-electron chi connectivity index (χ4n) is 0.812. The highest BCUT2D eigenvalue weighted by Crippen LogP contribution is 2.19. The summed E-state index contributed by atoms with van der Waals surface area (Å²) in [6.45, 7) is -0.754. The lowest BCUT2D eigenvalue weighted by Gasteiger charge is -2.17. The van der Waals surface area contributed by atoms with Gasteiger partial charge in [-0.1, -0.05) is 12.2 Å². The zero-order chi connectivity index (χ0) is 13.6. The van der Waals surface area contributed by atoms with E-state index in [0.29, 0.717) is 4.90 Å². The molecule has 2 amide bonds. The standard InChI is InChI=1S/C8H12F3N3O2S/c1-14(3-2-8(9,10)11)7(16)6(15)13-4-5(12)17/h2-4H2,1H3,(H2,12,17)(H,13,15). The van der Waals surface area contributed by atoms with Crippen LogP contribution in [0.15, 0.2) is 0 Å². The Hall–Kier alpha value is -1.38. The van der Waals surface area contributed by atoms with Crippen LogP contribution in [-0.2, 0) is 9.59 Å².